The number of rotatable bonds is 5. The minimum atomic E-state index is 0.694. The molecule has 0 atom stereocenters. The van der Waals surface area contributed by atoms with Crippen LogP contribution in [0.25, 0.3) is 38.5 Å². The Balaban J connectivity index is 1.31. The summed E-state index contributed by atoms with van der Waals surface area (Å²) in [6.07, 6.45) is 3.33. The van der Waals surface area contributed by atoms with Gasteiger partial charge in [-0.25, -0.2) is 19.6 Å². The van der Waals surface area contributed by atoms with Gasteiger partial charge in [0.1, 0.15) is 17.2 Å². The molecular formula is C26H17ClN6S. The van der Waals surface area contributed by atoms with E-state index in [4.69, 9.17) is 16.6 Å². The molecular weight excluding hydrogens is 464 g/mol. The molecule has 0 unspecified atom stereocenters. The van der Waals surface area contributed by atoms with E-state index >= 15 is 0 Å². The third-order valence-corrected chi connectivity index (χ3v) is 6.60. The van der Waals surface area contributed by atoms with E-state index in [1.165, 1.54) is 0 Å². The zero-order valence-electron chi connectivity index (χ0n) is 17.8. The van der Waals surface area contributed by atoms with Crippen LogP contribution in [-0.2, 0) is 0 Å². The highest BCUT2D eigenvalue weighted by molar-refractivity contribution is 7.13. The minimum absolute atomic E-state index is 0.694. The van der Waals surface area contributed by atoms with Crippen molar-refractivity contribution >= 4 is 45.5 Å². The van der Waals surface area contributed by atoms with Crippen molar-refractivity contribution in [3.8, 4) is 27.5 Å². The number of anilines is 2. The van der Waals surface area contributed by atoms with Crippen LogP contribution in [0.5, 0.6) is 0 Å². The number of hydrogen-bond donors (Lipinski definition) is 1. The molecule has 0 spiro atoms. The van der Waals surface area contributed by atoms with E-state index in [0.717, 1.165) is 44.2 Å². The van der Waals surface area contributed by atoms with Crippen molar-refractivity contribution in [1.82, 2.24) is 24.7 Å². The van der Waals surface area contributed by atoms with Gasteiger partial charge in [0.15, 0.2) is 5.65 Å². The molecule has 0 aliphatic heterocycles. The summed E-state index contributed by atoms with van der Waals surface area (Å²) in [5, 5.41) is 12.4. The van der Waals surface area contributed by atoms with Gasteiger partial charge in [0.25, 0.3) is 0 Å². The van der Waals surface area contributed by atoms with Crippen LogP contribution < -0.4 is 5.32 Å². The molecule has 3 aromatic heterocycles. The molecule has 0 saturated carbocycles. The van der Waals surface area contributed by atoms with Crippen molar-refractivity contribution in [2.24, 2.45) is 0 Å². The van der Waals surface area contributed by atoms with Gasteiger partial charge < -0.3 is 5.32 Å². The Kier molecular flexibility index (Phi) is 5.25. The fraction of sp³-hybridized carbons (Fsp3) is 0. The molecule has 0 amide bonds. The highest BCUT2D eigenvalue weighted by Crippen LogP contribution is 2.34. The lowest BCUT2D eigenvalue weighted by molar-refractivity contribution is 0.895. The normalized spacial score (nSPS) is 11.1. The predicted octanol–water partition coefficient (Wildman–Crippen LogP) is 7.00. The van der Waals surface area contributed by atoms with E-state index in [1.54, 1.807) is 23.9 Å². The van der Waals surface area contributed by atoms with Crippen LogP contribution >= 0.6 is 22.9 Å². The summed E-state index contributed by atoms with van der Waals surface area (Å²) in [7, 11) is 0. The van der Waals surface area contributed by atoms with Gasteiger partial charge in [-0.15, -0.1) is 11.3 Å². The van der Waals surface area contributed by atoms with Gasteiger partial charge in [0.05, 0.1) is 28.0 Å². The van der Waals surface area contributed by atoms with E-state index in [9.17, 15) is 0 Å². The molecule has 0 radical (unpaired) electrons. The van der Waals surface area contributed by atoms with Crippen molar-refractivity contribution in [3.63, 3.8) is 0 Å². The number of halogens is 1. The number of para-hydroxylation sites is 1. The summed E-state index contributed by atoms with van der Waals surface area (Å²) in [6.45, 7) is 0. The van der Waals surface area contributed by atoms with Crippen molar-refractivity contribution < 1.29 is 0 Å². The maximum atomic E-state index is 6.36. The highest BCUT2D eigenvalue weighted by atomic mass is 35.5. The smallest absolute Gasteiger partial charge is 0.168 e. The Hall–Kier alpha value is -4.07. The van der Waals surface area contributed by atoms with Gasteiger partial charge >= 0.3 is 0 Å². The third-order valence-electron chi connectivity index (χ3n) is 5.40. The number of nitrogens with one attached hydrogen (secondary N) is 1. The standard InChI is InChI=1S/C26H17ClN6S/c27-22-12-5-4-11-20(22)26-32-23(15-34-26)17-7-6-8-18(13-17)31-24-21-14-30-33(25(21)29-16-28-24)19-9-2-1-3-10-19/h1-16H,(H,28,29,31). The summed E-state index contributed by atoms with van der Waals surface area (Å²) in [5.74, 6) is 0.694. The molecule has 164 valence electrons. The number of aromatic nitrogens is 5. The SMILES string of the molecule is Clc1ccccc1-c1nc(-c2cccc(Nc3ncnc4c3cnn4-c3ccccc3)c2)cs1. The molecule has 6 rings (SSSR count). The maximum Gasteiger partial charge on any atom is 0.168 e. The van der Waals surface area contributed by atoms with Gasteiger partial charge in [-0.3, -0.25) is 0 Å². The highest BCUT2D eigenvalue weighted by Gasteiger charge is 2.13. The van der Waals surface area contributed by atoms with E-state index < -0.39 is 0 Å². The Morgan fingerprint density at radius 1 is 0.882 bits per heavy atom. The fourth-order valence-corrected chi connectivity index (χ4v) is 4.91. The average Bonchev–Trinajstić information content (AvgIpc) is 3.54. The first-order valence-electron chi connectivity index (χ1n) is 10.6. The van der Waals surface area contributed by atoms with Crippen LogP contribution in [0.1, 0.15) is 0 Å². The predicted molar refractivity (Wildman–Crippen MR) is 138 cm³/mol. The van der Waals surface area contributed by atoms with Gasteiger partial charge in [0, 0.05) is 22.2 Å². The monoisotopic (exact) mass is 480 g/mol. The van der Waals surface area contributed by atoms with E-state index in [0.29, 0.717) is 10.8 Å². The van der Waals surface area contributed by atoms with E-state index in [1.807, 2.05) is 82.9 Å². The van der Waals surface area contributed by atoms with E-state index in [-0.39, 0.29) is 0 Å². The zero-order chi connectivity index (χ0) is 22.9. The second kappa shape index (κ2) is 8.70. The van der Waals surface area contributed by atoms with Gasteiger partial charge in [-0.2, -0.15) is 5.10 Å². The second-order valence-electron chi connectivity index (χ2n) is 7.58. The fourth-order valence-electron chi connectivity index (χ4n) is 3.76. The van der Waals surface area contributed by atoms with Gasteiger partial charge in [-0.05, 0) is 30.3 Å². The van der Waals surface area contributed by atoms with Crippen molar-refractivity contribution in [2.75, 3.05) is 5.32 Å². The lowest BCUT2D eigenvalue weighted by Crippen LogP contribution is -1.99. The van der Waals surface area contributed by atoms with Crippen LogP contribution in [0, 0.1) is 0 Å². The van der Waals surface area contributed by atoms with Gasteiger partial charge in [-0.1, -0.05) is 60.1 Å². The lowest BCUT2D eigenvalue weighted by Gasteiger charge is -2.08. The number of benzene rings is 3. The Morgan fingerprint density at radius 2 is 1.74 bits per heavy atom. The molecule has 34 heavy (non-hydrogen) atoms. The van der Waals surface area contributed by atoms with Crippen LogP contribution in [0.4, 0.5) is 11.5 Å². The molecule has 3 aromatic carbocycles. The van der Waals surface area contributed by atoms with Gasteiger partial charge in [0.2, 0.25) is 0 Å². The molecule has 3 heterocycles. The molecule has 0 saturated heterocycles. The number of hydrogen-bond acceptors (Lipinski definition) is 6. The topological polar surface area (TPSA) is 68.5 Å². The Morgan fingerprint density at radius 3 is 2.62 bits per heavy atom. The zero-order valence-corrected chi connectivity index (χ0v) is 19.3. The molecule has 6 nitrogen and oxygen atoms in total. The van der Waals surface area contributed by atoms with Crippen molar-refractivity contribution in [3.05, 3.63) is 102 Å². The quantitative estimate of drug-likeness (QED) is 0.287. The van der Waals surface area contributed by atoms with Crippen LogP contribution in [0.15, 0.2) is 96.8 Å². The molecule has 0 fully saturated rings. The first-order valence-corrected chi connectivity index (χ1v) is 11.8. The number of nitrogens with zero attached hydrogens (tertiary/aromatic N) is 5. The molecule has 1 N–H and O–H groups in total. The second-order valence-corrected chi connectivity index (χ2v) is 8.84. The molecule has 8 heteroatoms. The van der Waals surface area contributed by atoms with Crippen LogP contribution in [-0.4, -0.2) is 24.7 Å². The first kappa shape index (κ1) is 20.5. The molecule has 6 aromatic rings. The third kappa shape index (κ3) is 3.81. The summed E-state index contributed by atoms with van der Waals surface area (Å²) in [4.78, 5) is 13.7. The van der Waals surface area contributed by atoms with Crippen LogP contribution in [0.3, 0.4) is 0 Å². The first-order chi connectivity index (χ1) is 16.8. The Labute approximate surface area is 204 Å². The maximum absolute atomic E-state index is 6.36. The largest absolute Gasteiger partial charge is 0.339 e. The van der Waals surface area contributed by atoms with Crippen molar-refractivity contribution in [2.45, 2.75) is 0 Å². The summed E-state index contributed by atoms with van der Waals surface area (Å²) in [6, 6.07) is 25.8. The average molecular weight is 481 g/mol. The number of fused-ring (bicyclic) bond motifs is 1. The number of thiazole rings is 1. The Bertz CT molecular complexity index is 1610. The molecule has 0 aliphatic carbocycles. The summed E-state index contributed by atoms with van der Waals surface area (Å²) >= 11 is 7.93. The molecule has 0 aliphatic rings. The summed E-state index contributed by atoms with van der Waals surface area (Å²) < 4.78 is 1.81. The summed E-state index contributed by atoms with van der Waals surface area (Å²) in [5.41, 5.74) is 5.43. The minimum Gasteiger partial charge on any atom is -0.339 e. The molecule has 0 bridgehead atoms. The lowest BCUT2D eigenvalue weighted by atomic mass is 10.1. The van der Waals surface area contributed by atoms with E-state index in [2.05, 4.69) is 26.4 Å². The van der Waals surface area contributed by atoms with Crippen LogP contribution in [0.2, 0.25) is 5.02 Å². The van der Waals surface area contributed by atoms with Crippen molar-refractivity contribution in [1.29, 1.82) is 0 Å².